The van der Waals surface area contributed by atoms with Crippen LogP contribution in [0.4, 0.5) is 0 Å². The summed E-state index contributed by atoms with van der Waals surface area (Å²) in [4.78, 5) is 25.5. The van der Waals surface area contributed by atoms with Gasteiger partial charge < -0.3 is 14.9 Å². The summed E-state index contributed by atoms with van der Waals surface area (Å²) in [6.45, 7) is -0.270. The lowest BCUT2D eigenvalue weighted by Gasteiger charge is -2.17. The number of aliphatic hydroxyl groups is 2. The van der Waals surface area contributed by atoms with Gasteiger partial charge in [0, 0.05) is 11.7 Å². The quantitative estimate of drug-likeness (QED) is 0.469. The lowest BCUT2D eigenvalue weighted by atomic mass is 10.2. The molecule has 0 saturated carbocycles. The molecule has 1 aliphatic rings. The molecule has 1 aromatic heterocycles. The van der Waals surface area contributed by atoms with Crippen molar-refractivity contribution in [3.63, 3.8) is 0 Å². The number of ether oxygens (including phenoxy) is 1. The van der Waals surface area contributed by atoms with Crippen LogP contribution in [0.5, 0.6) is 0 Å². The third-order valence-electron chi connectivity index (χ3n) is 2.98. The zero-order valence-corrected chi connectivity index (χ0v) is 13.0. The smallest absolute Gasteiger partial charge is 0.330 e. The molecule has 1 unspecified atom stereocenters. The van der Waals surface area contributed by atoms with E-state index in [1.54, 1.807) is 0 Å². The van der Waals surface area contributed by atoms with Gasteiger partial charge in [-0.2, -0.15) is 0 Å². The molecule has 0 aliphatic carbocycles. The lowest BCUT2D eigenvalue weighted by Crippen LogP contribution is -2.37. The van der Waals surface area contributed by atoms with Crippen LogP contribution >= 0.6 is 34.2 Å². The molecule has 1 aliphatic heterocycles. The molecule has 0 radical (unpaired) electrons. The highest BCUT2D eigenvalue weighted by Gasteiger charge is 2.43. The third-order valence-corrected chi connectivity index (χ3v) is 4.64. The van der Waals surface area contributed by atoms with Gasteiger partial charge in [-0.3, -0.25) is 14.3 Å². The van der Waals surface area contributed by atoms with Gasteiger partial charge in [0.25, 0.3) is 5.56 Å². The molecule has 3 N–H and O–H groups in total. The molecule has 1 aromatic rings. The summed E-state index contributed by atoms with van der Waals surface area (Å²) >= 11 is 7.37. The van der Waals surface area contributed by atoms with Crippen LogP contribution in [-0.2, 0) is 4.74 Å². The molecule has 0 amide bonds. The minimum atomic E-state index is -0.982. The van der Waals surface area contributed by atoms with Gasteiger partial charge in [0.1, 0.15) is 6.10 Å². The maximum absolute atomic E-state index is 11.8. The van der Waals surface area contributed by atoms with Crippen LogP contribution < -0.4 is 11.2 Å². The molecular weight excluding hydrogens is 402 g/mol. The molecule has 0 spiro atoms. The number of hydrogen-bond acceptors (Lipinski definition) is 5. The number of alkyl halides is 1. The van der Waals surface area contributed by atoms with E-state index < -0.39 is 29.7 Å². The van der Waals surface area contributed by atoms with Crippen LogP contribution in [-0.4, -0.2) is 42.5 Å². The first kappa shape index (κ1) is 15.7. The molecular formula is C11H12ClIN2O5. The van der Waals surface area contributed by atoms with Crippen molar-refractivity contribution in [3.05, 3.63) is 38.1 Å². The van der Waals surface area contributed by atoms with Crippen molar-refractivity contribution < 1.29 is 14.9 Å². The standard InChI is InChI=1S/C11H12ClIN2O5/c12-2-1-5-3-15(11(19)14-9(5)18)10-8(17)7(13)6(4-16)20-10/h1-3,6-8,10,16-17H,4H2,(H,14,18,19)/b2-1+/t6-,7?,8-,10-/m1/s1. The fraction of sp³-hybridized carbons (Fsp3) is 0.455. The highest BCUT2D eigenvalue weighted by Crippen LogP contribution is 2.33. The van der Waals surface area contributed by atoms with Crippen molar-refractivity contribution in [1.82, 2.24) is 9.55 Å². The summed E-state index contributed by atoms with van der Waals surface area (Å²) in [5, 5.41) is 19.2. The second-order valence-corrected chi connectivity index (χ2v) is 5.92. The molecule has 2 rings (SSSR count). The molecule has 0 bridgehead atoms. The maximum Gasteiger partial charge on any atom is 0.330 e. The topological polar surface area (TPSA) is 105 Å². The predicted molar refractivity (Wildman–Crippen MR) is 81.0 cm³/mol. The van der Waals surface area contributed by atoms with E-state index in [1.165, 1.54) is 12.3 Å². The number of aromatic amines is 1. The highest BCUT2D eigenvalue weighted by atomic mass is 127. The van der Waals surface area contributed by atoms with E-state index in [9.17, 15) is 14.7 Å². The number of aromatic nitrogens is 2. The van der Waals surface area contributed by atoms with Gasteiger partial charge in [0.15, 0.2) is 6.23 Å². The summed E-state index contributed by atoms with van der Waals surface area (Å²) in [7, 11) is 0. The van der Waals surface area contributed by atoms with Crippen molar-refractivity contribution >= 4 is 40.3 Å². The Morgan fingerprint density at radius 1 is 1.55 bits per heavy atom. The van der Waals surface area contributed by atoms with E-state index >= 15 is 0 Å². The Bertz CT molecular complexity index is 628. The van der Waals surface area contributed by atoms with Gasteiger partial charge in [0.05, 0.1) is 22.2 Å². The van der Waals surface area contributed by atoms with E-state index in [0.717, 1.165) is 10.1 Å². The normalized spacial score (nSPS) is 30.2. The van der Waals surface area contributed by atoms with Crippen LogP contribution in [0.1, 0.15) is 11.8 Å². The van der Waals surface area contributed by atoms with E-state index in [4.69, 9.17) is 21.4 Å². The molecule has 7 nitrogen and oxygen atoms in total. The van der Waals surface area contributed by atoms with Gasteiger partial charge in [-0.25, -0.2) is 4.79 Å². The van der Waals surface area contributed by atoms with E-state index in [0.29, 0.717) is 0 Å². The number of H-pyrrole nitrogens is 1. The first-order valence-corrected chi connectivity index (χ1v) is 7.38. The SMILES string of the molecule is O=c1[nH]c(=O)n([C@@H]2O[C@H](CO)C(I)[C@H]2O)cc1/C=C/Cl. The molecule has 9 heteroatoms. The summed E-state index contributed by atoms with van der Waals surface area (Å²) in [6, 6.07) is 0. The van der Waals surface area contributed by atoms with Crippen molar-refractivity contribution in [1.29, 1.82) is 0 Å². The number of hydrogen-bond donors (Lipinski definition) is 3. The van der Waals surface area contributed by atoms with Crippen molar-refractivity contribution in [2.75, 3.05) is 6.61 Å². The molecule has 4 atom stereocenters. The summed E-state index contributed by atoms with van der Waals surface area (Å²) < 4.78 is 6.17. The average molecular weight is 415 g/mol. The van der Waals surface area contributed by atoms with Crippen LogP contribution in [0, 0.1) is 0 Å². The zero-order valence-electron chi connectivity index (χ0n) is 10.1. The Labute approximate surface area is 132 Å². The molecule has 20 heavy (non-hydrogen) atoms. The number of halogens is 2. The van der Waals surface area contributed by atoms with Crippen LogP contribution in [0.15, 0.2) is 21.3 Å². The number of nitrogens with zero attached hydrogens (tertiary/aromatic N) is 1. The second-order valence-electron chi connectivity index (χ2n) is 4.23. The number of aliphatic hydroxyl groups excluding tert-OH is 2. The van der Waals surface area contributed by atoms with E-state index in [2.05, 4.69) is 4.98 Å². The second kappa shape index (κ2) is 6.39. The highest BCUT2D eigenvalue weighted by molar-refractivity contribution is 14.1. The molecule has 0 aromatic carbocycles. The summed E-state index contributed by atoms with van der Waals surface area (Å²) in [5.74, 6) is 0. The van der Waals surface area contributed by atoms with Crippen LogP contribution in [0.3, 0.4) is 0 Å². The lowest BCUT2D eigenvalue weighted by molar-refractivity contribution is -0.0530. The zero-order chi connectivity index (χ0) is 14.9. The number of rotatable bonds is 3. The van der Waals surface area contributed by atoms with Crippen LogP contribution in [0.25, 0.3) is 6.08 Å². The summed E-state index contributed by atoms with van der Waals surface area (Å²) in [5.41, 5.74) is 0.0179. The molecule has 2 heterocycles. The summed E-state index contributed by atoms with van der Waals surface area (Å²) in [6.07, 6.45) is 0.0475. The van der Waals surface area contributed by atoms with Crippen molar-refractivity contribution in [2.24, 2.45) is 0 Å². The van der Waals surface area contributed by atoms with Gasteiger partial charge in [-0.15, -0.1) is 0 Å². The van der Waals surface area contributed by atoms with E-state index in [-0.39, 0.29) is 16.1 Å². The first-order chi connectivity index (χ1) is 9.49. The fourth-order valence-corrected chi connectivity index (χ4v) is 2.85. The van der Waals surface area contributed by atoms with Crippen molar-refractivity contribution in [3.8, 4) is 0 Å². The van der Waals surface area contributed by atoms with Gasteiger partial charge in [0.2, 0.25) is 0 Å². The largest absolute Gasteiger partial charge is 0.394 e. The average Bonchev–Trinajstić information content (AvgIpc) is 2.70. The minimum absolute atomic E-state index is 0.160. The predicted octanol–water partition coefficient (Wildman–Crippen LogP) is -0.200. The first-order valence-electron chi connectivity index (χ1n) is 5.70. The fourth-order valence-electron chi connectivity index (χ4n) is 1.96. The van der Waals surface area contributed by atoms with Crippen LogP contribution in [0.2, 0.25) is 0 Å². The monoisotopic (exact) mass is 414 g/mol. The van der Waals surface area contributed by atoms with Gasteiger partial charge in [-0.1, -0.05) is 34.2 Å². The van der Waals surface area contributed by atoms with Gasteiger partial charge in [-0.05, 0) is 6.08 Å². The number of nitrogens with one attached hydrogen (secondary N) is 1. The third kappa shape index (κ3) is 2.84. The Morgan fingerprint density at radius 3 is 2.80 bits per heavy atom. The molecule has 110 valence electrons. The maximum atomic E-state index is 11.8. The van der Waals surface area contributed by atoms with E-state index in [1.807, 2.05) is 22.6 Å². The molecule has 1 saturated heterocycles. The Morgan fingerprint density at radius 2 is 2.25 bits per heavy atom. The Balaban J connectivity index is 2.46. The Kier molecular flexibility index (Phi) is 5.02. The van der Waals surface area contributed by atoms with Crippen molar-refractivity contribution in [2.45, 2.75) is 22.4 Å². The molecule has 1 fully saturated rings. The van der Waals surface area contributed by atoms with Gasteiger partial charge >= 0.3 is 5.69 Å². The minimum Gasteiger partial charge on any atom is -0.394 e. The Hall–Kier alpha value is -0.680.